The molecule has 1 heterocycles. The SMILES string of the molecule is CC(NCC(C)(O)c1ccco1)C1CC1. The Labute approximate surface area is 90.5 Å². The monoisotopic (exact) mass is 209 g/mol. The highest BCUT2D eigenvalue weighted by Gasteiger charge is 2.31. The predicted molar refractivity (Wildman–Crippen MR) is 58.5 cm³/mol. The van der Waals surface area contributed by atoms with Gasteiger partial charge in [-0.25, -0.2) is 0 Å². The molecule has 3 nitrogen and oxygen atoms in total. The van der Waals surface area contributed by atoms with Gasteiger partial charge in [-0.2, -0.15) is 0 Å². The number of nitrogens with one attached hydrogen (secondary N) is 1. The predicted octanol–water partition coefficient (Wildman–Crippen LogP) is 1.88. The Morgan fingerprint density at radius 3 is 2.93 bits per heavy atom. The first kappa shape index (κ1) is 10.7. The van der Waals surface area contributed by atoms with Crippen molar-refractivity contribution in [3.05, 3.63) is 24.2 Å². The number of hydrogen-bond acceptors (Lipinski definition) is 3. The molecule has 1 aromatic rings. The van der Waals surface area contributed by atoms with E-state index in [1.807, 2.05) is 6.07 Å². The summed E-state index contributed by atoms with van der Waals surface area (Å²) in [5.41, 5.74) is -0.910. The lowest BCUT2D eigenvalue weighted by atomic mass is 10.0. The lowest BCUT2D eigenvalue weighted by Gasteiger charge is -2.24. The van der Waals surface area contributed by atoms with Crippen LogP contribution in [0.15, 0.2) is 22.8 Å². The van der Waals surface area contributed by atoms with Gasteiger partial charge in [0.25, 0.3) is 0 Å². The Morgan fingerprint density at radius 2 is 2.40 bits per heavy atom. The molecule has 84 valence electrons. The number of rotatable bonds is 5. The molecule has 2 unspecified atom stereocenters. The third-order valence-corrected chi connectivity index (χ3v) is 3.15. The van der Waals surface area contributed by atoms with Gasteiger partial charge in [-0.05, 0) is 44.7 Å². The summed E-state index contributed by atoms with van der Waals surface area (Å²) in [5.74, 6) is 1.43. The van der Waals surface area contributed by atoms with Crippen LogP contribution < -0.4 is 5.32 Å². The van der Waals surface area contributed by atoms with Crippen LogP contribution in [0.25, 0.3) is 0 Å². The molecule has 2 N–H and O–H groups in total. The fraction of sp³-hybridized carbons (Fsp3) is 0.667. The van der Waals surface area contributed by atoms with Crippen molar-refractivity contribution in [3.63, 3.8) is 0 Å². The van der Waals surface area contributed by atoms with Gasteiger partial charge in [0.1, 0.15) is 11.4 Å². The zero-order valence-electron chi connectivity index (χ0n) is 9.36. The molecule has 1 aromatic heterocycles. The summed E-state index contributed by atoms with van der Waals surface area (Å²) in [5, 5.41) is 13.5. The summed E-state index contributed by atoms with van der Waals surface area (Å²) >= 11 is 0. The zero-order valence-corrected chi connectivity index (χ0v) is 9.36. The van der Waals surface area contributed by atoms with E-state index in [0.29, 0.717) is 18.3 Å². The molecular weight excluding hydrogens is 190 g/mol. The minimum Gasteiger partial charge on any atom is -0.466 e. The molecule has 1 aliphatic rings. The van der Waals surface area contributed by atoms with E-state index < -0.39 is 5.60 Å². The number of furan rings is 1. The maximum Gasteiger partial charge on any atom is 0.136 e. The van der Waals surface area contributed by atoms with Crippen molar-refractivity contribution < 1.29 is 9.52 Å². The van der Waals surface area contributed by atoms with E-state index in [9.17, 15) is 5.11 Å². The van der Waals surface area contributed by atoms with E-state index in [2.05, 4.69) is 12.2 Å². The van der Waals surface area contributed by atoms with Gasteiger partial charge in [0.2, 0.25) is 0 Å². The molecule has 1 saturated carbocycles. The first-order valence-electron chi connectivity index (χ1n) is 5.59. The second kappa shape index (κ2) is 3.99. The van der Waals surface area contributed by atoms with E-state index in [0.717, 1.165) is 5.92 Å². The highest BCUT2D eigenvalue weighted by Crippen LogP contribution is 2.32. The van der Waals surface area contributed by atoms with Gasteiger partial charge in [0, 0.05) is 12.6 Å². The molecule has 1 fully saturated rings. The molecule has 0 aliphatic heterocycles. The fourth-order valence-electron chi connectivity index (χ4n) is 1.79. The molecule has 0 saturated heterocycles. The molecule has 3 heteroatoms. The van der Waals surface area contributed by atoms with E-state index in [1.165, 1.54) is 12.8 Å². The van der Waals surface area contributed by atoms with Crippen molar-refractivity contribution in [2.45, 2.75) is 38.3 Å². The van der Waals surface area contributed by atoms with Gasteiger partial charge in [-0.1, -0.05) is 0 Å². The largest absolute Gasteiger partial charge is 0.466 e. The van der Waals surface area contributed by atoms with Gasteiger partial charge in [-0.15, -0.1) is 0 Å². The zero-order chi connectivity index (χ0) is 10.9. The summed E-state index contributed by atoms with van der Waals surface area (Å²) in [6, 6.07) is 4.10. The summed E-state index contributed by atoms with van der Waals surface area (Å²) in [7, 11) is 0. The van der Waals surface area contributed by atoms with E-state index in [4.69, 9.17) is 4.42 Å². The van der Waals surface area contributed by atoms with E-state index in [1.54, 1.807) is 19.3 Å². The Bertz CT molecular complexity index is 301. The summed E-state index contributed by atoms with van der Waals surface area (Å²) in [6.45, 7) is 4.49. The van der Waals surface area contributed by atoms with Gasteiger partial charge in [-0.3, -0.25) is 0 Å². The summed E-state index contributed by atoms with van der Waals surface area (Å²) in [6.07, 6.45) is 4.22. The topological polar surface area (TPSA) is 45.4 Å². The Morgan fingerprint density at radius 1 is 1.67 bits per heavy atom. The summed E-state index contributed by atoms with van der Waals surface area (Å²) < 4.78 is 5.22. The molecule has 0 amide bonds. The molecule has 2 rings (SSSR count). The van der Waals surface area contributed by atoms with Gasteiger partial charge in [0.05, 0.1) is 6.26 Å². The smallest absolute Gasteiger partial charge is 0.136 e. The average Bonchev–Trinajstić information content (AvgIpc) is 2.89. The summed E-state index contributed by atoms with van der Waals surface area (Å²) in [4.78, 5) is 0. The van der Waals surface area contributed by atoms with Crippen LogP contribution in [0.3, 0.4) is 0 Å². The van der Waals surface area contributed by atoms with Gasteiger partial charge < -0.3 is 14.8 Å². The van der Waals surface area contributed by atoms with E-state index in [-0.39, 0.29) is 0 Å². The molecule has 1 aliphatic carbocycles. The lowest BCUT2D eigenvalue weighted by molar-refractivity contribution is 0.0314. The van der Waals surface area contributed by atoms with Crippen molar-refractivity contribution in [2.24, 2.45) is 5.92 Å². The van der Waals surface area contributed by atoms with Crippen molar-refractivity contribution >= 4 is 0 Å². The third kappa shape index (κ3) is 2.61. The minimum absolute atomic E-state index is 0.492. The first-order valence-corrected chi connectivity index (χ1v) is 5.59. The number of aliphatic hydroxyl groups is 1. The Kier molecular flexibility index (Phi) is 2.85. The standard InChI is InChI=1S/C12H19NO2/c1-9(10-5-6-10)13-8-12(2,14)11-4-3-7-15-11/h3-4,7,9-10,13-14H,5-6,8H2,1-2H3. The van der Waals surface area contributed by atoms with Crippen LogP contribution in [-0.2, 0) is 5.60 Å². The minimum atomic E-state index is -0.910. The van der Waals surface area contributed by atoms with Crippen molar-refractivity contribution in [1.82, 2.24) is 5.32 Å². The van der Waals surface area contributed by atoms with Crippen LogP contribution in [0.4, 0.5) is 0 Å². The maximum absolute atomic E-state index is 10.2. The maximum atomic E-state index is 10.2. The van der Waals surface area contributed by atoms with Gasteiger partial charge >= 0.3 is 0 Å². The van der Waals surface area contributed by atoms with Crippen LogP contribution in [0.5, 0.6) is 0 Å². The second-order valence-corrected chi connectivity index (χ2v) is 4.76. The molecule has 0 bridgehead atoms. The average molecular weight is 209 g/mol. The molecule has 0 radical (unpaired) electrons. The van der Waals surface area contributed by atoms with E-state index >= 15 is 0 Å². The highest BCUT2D eigenvalue weighted by molar-refractivity contribution is 5.08. The normalized spacial score (nSPS) is 22.3. The van der Waals surface area contributed by atoms with Crippen LogP contribution in [0.1, 0.15) is 32.4 Å². The van der Waals surface area contributed by atoms with Gasteiger partial charge in [0.15, 0.2) is 0 Å². The highest BCUT2D eigenvalue weighted by atomic mass is 16.4. The second-order valence-electron chi connectivity index (χ2n) is 4.76. The first-order chi connectivity index (χ1) is 7.09. The molecule has 0 spiro atoms. The molecule has 2 atom stereocenters. The van der Waals surface area contributed by atoms with Crippen LogP contribution in [0, 0.1) is 5.92 Å². The van der Waals surface area contributed by atoms with Crippen LogP contribution in [-0.4, -0.2) is 17.7 Å². The molecule has 0 aromatic carbocycles. The Balaban J connectivity index is 1.87. The Hall–Kier alpha value is -0.800. The molecule has 15 heavy (non-hydrogen) atoms. The van der Waals surface area contributed by atoms with Crippen LogP contribution >= 0.6 is 0 Å². The van der Waals surface area contributed by atoms with Crippen molar-refractivity contribution in [3.8, 4) is 0 Å². The van der Waals surface area contributed by atoms with Crippen molar-refractivity contribution in [2.75, 3.05) is 6.54 Å². The lowest BCUT2D eigenvalue weighted by Crippen LogP contribution is -2.40. The number of hydrogen-bond donors (Lipinski definition) is 2. The van der Waals surface area contributed by atoms with Crippen LogP contribution in [0.2, 0.25) is 0 Å². The van der Waals surface area contributed by atoms with Crippen molar-refractivity contribution in [1.29, 1.82) is 0 Å². The quantitative estimate of drug-likeness (QED) is 0.778. The third-order valence-electron chi connectivity index (χ3n) is 3.15. The fourth-order valence-corrected chi connectivity index (χ4v) is 1.79. The molecular formula is C12H19NO2.